The zero-order valence-corrected chi connectivity index (χ0v) is 18.1. The first-order valence-corrected chi connectivity index (χ1v) is 11.2. The van der Waals surface area contributed by atoms with Crippen molar-refractivity contribution in [2.24, 2.45) is 0 Å². The number of carbonyl (C=O) groups excluding carboxylic acids is 2. The molecule has 0 spiro atoms. The Bertz CT molecular complexity index is 883. The molecule has 4 unspecified atom stereocenters. The van der Waals surface area contributed by atoms with Crippen LogP contribution >= 0.6 is 7.75 Å². The standard InChI is InChI=1S/C19H24F2N3O7P/c1-3-24(12-25)18-19(20,21)16(26)15(30-18)11-29-32(28,31-13-7-5-4-6-8-13)22-14-9-10-23(2)17(14)27/h3-8,12,14-16,18,26H,1,9-11H2,2H3,(H,22,28)/t14?,15?,16-,18?,32?/m1/s1. The second-order valence-corrected chi connectivity index (χ2v) is 9.00. The summed E-state index contributed by atoms with van der Waals surface area (Å²) in [5.74, 6) is -4.02. The largest absolute Gasteiger partial charge is 0.459 e. The summed E-state index contributed by atoms with van der Waals surface area (Å²) in [4.78, 5) is 25.1. The van der Waals surface area contributed by atoms with Gasteiger partial charge < -0.3 is 19.3 Å². The number of nitrogens with one attached hydrogen (secondary N) is 1. The van der Waals surface area contributed by atoms with Crippen LogP contribution in [0.15, 0.2) is 43.1 Å². The number of halogens is 2. The molecule has 10 nitrogen and oxygen atoms in total. The van der Waals surface area contributed by atoms with E-state index in [1.807, 2.05) is 0 Å². The van der Waals surface area contributed by atoms with Crippen LogP contribution in [0.2, 0.25) is 0 Å². The van der Waals surface area contributed by atoms with Gasteiger partial charge in [0.05, 0.1) is 12.6 Å². The summed E-state index contributed by atoms with van der Waals surface area (Å²) >= 11 is 0. The number of nitrogens with zero attached hydrogens (tertiary/aromatic N) is 2. The number of hydrogen-bond acceptors (Lipinski definition) is 7. The Hall–Kier alpha value is -2.37. The van der Waals surface area contributed by atoms with E-state index in [1.165, 1.54) is 17.0 Å². The van der Waals surface area contributed by atoms with Crippen molar-refractivity contribution in [3.63, 3.8) is 0 Å². The molecule has 2 amide bonds. The lowest BCUT2D eigenvalue weighted by atomic mass is 10.1. The molecular weight excluding hydrogens is 451 g/mol. The van der Waals surface area contributed by atoms with Gasteiger partial charge in [-0.2, -0.15) is 13.9 Å². The van der Waals surface area contributed by atoms with Gasteiger partial charge in [0.25, 0.3) is 0 Å². The van der Waals surface area contributed by atoms with Gasteiger partial charge in [-0.3, -0.25) is 19.0 Å². The van der Waals surface area contributed by atoms with E-state index in [0.717, 1.165) is 6.20 Å². The van der Waals surface area contributed by atoms with E-state index in [4.69, 9.17) is 13.8 Å². The molecule has 5 atom stereocenters. The first-order valence-electron chi connectivity index (χ1n) is 9.70. The number of para-hydroxylation sites is 1. The number of aliphatic hydroxyl groups is 1. The Morgan fingerprint density at radius 3 is 2.69 bits per heavy atom. The molecule has 2 fully saturated rings. The quantitative estimate of drug-likeness (QED) is 0.385. The highest BCUT2D eigenvalue weighted by atomic mass is 31.2. The summed E-state index contributed by atoms with van der Waals surface area (Å²) < 4.78 is 58.1. The van der Waals surface area contributed by atoms with Gasteiger partial charge in [0.15, 0.2) is 6.10 Å². The maximum absolute atomic E-state index is 14.4. The van der Waals surface area contributed by atoms with Crippen molar-refractivity contribution >= 4 is 20.1 Å². The Morgan fingerprint density at radius 1 is 1.44 bits per heavy atom. The molecular formula is C19H24F2N3O7P. The summed E-state index contributed by atoms with van der Waals surface area (Å²) in [6, 6.07) is 7.06. The highest BCUT2D eigenvalue weighted by molar-refractivity contribution is 7.52. The molecule has 1 aromatic rings. The lowest BCUT2D eigenvalue weighted by Gasteiger charge is -2.25. The minimum atomic E-state index is -4.27. The molecule has 3 rings (SSSR count). The van der Waals surface area contributed by atoms with Crippen molar-refractivity contribution in [3.05, 3.63) is 43.1 Å². The Morgan fingerprint density at radius 2 is 2.12 bits per heavy atom. The van der Waals surface area contributed by atoms with Crippen molar-refractivity contribution in [2.45, 2.75) is 36.8 Å². The number of likely N-dealkylation sites (tertiary alicyclic amines) is 1. The van der Waals surface area contributed by atoms with Gasteiger partial charge in [0.2, 0.25) is 18.5 Å². The van der Waals surface area contributed by atoms with Crippen LogP contribution in [-0.4, -0.2) is 77.8 Å². The molecule has 32 heavy (non-hydrogen) atoms. The smallest absolute Gasteiger partial charge is 0.413 e. The lowest BCUT2D eigenvalue weighted by Crippen LogP contribution is -2.47. The molecule has 2 aliphatic rings. The first-order chi connectivity index (χ1) is 15.1. The maximum Gasteiger partial charge on any atom is 0.459 e. The fourth-order valence-corrected chi connectivity index (χ4v) is 4.88. The van der Waals surface area contributed by atoms with Gasteiger partial charge >= 0.3 is 13.7 Å². The van der Waals surface area contributed by atoms with Crippen molar-refractivity contribution < 1.29 is 41.8 Å². The van der Waals surface area contributed by atoms with Gasteiger partial charge in [-0.15, -0.1) is 0 Å². The predicted octanol–water partition coefficient (Wildman–Crippen LogP) is 1.33. The van der Waals surface area contributed by atoms with E-state index in [-0.39, 0.29) is 18.1 Å². The van der Waals surface area contributed by atoms with Gasteiger partial charge in [-0.1, -0.05) is 24.8 Å². The van der Waals surface area contributed by atoms with Crippen LogP contribution in [0.5, 0.6) is 5.75 Å². The number of carbonyl (C=O) groups is 2. The molecule has 13 heteroatoms. The molecule has 2 aliphatic heterocycles. The Labute approximate surface area is 183 Å². The number of hydrogen-bond donors (Lipinski definition) is 2. The van der Waals surface area contributed by atoms with Crippen molar-refractivity contribution in [3.8, 4) is 5.75 Å². The predicted molar refractivity (Wildman–Crippen MR) is 108 cm³/mol. The van der Waals surface area contributed by atoms with Crippen molar-refractivity contribution in [2.75, 3.05) is 20.2 Å². The number of benzene rings is 1. The van der Waals surface area contributed by atoms with Gasteiger partial charge in [-0.25, -0.2) is 4.57 Å². The molecule has 176 valence electrons. The van der Waals surface area contributed by atoms with Gasteiger partial charge in [0.1, 0.15) is 11.9 Å². The highest BCUT2D eigenvalue weighted by Gasteiger charge is 2.60. The number of likely N-dealkylation sites (N-methyl/N-ethyl adjacent to an activating group) is 1. The first kappa shape index (κ1) is 24.3. The monoisotopic (exact) mass is 475 g/mol. The van der Waals surface area contributed by atoms with Crippen molar-refractivity contribution in [1.29, 1.82) is 0 Å². The molecule has 0 bridgehead atoms. The van der Waals surface area contributed by atoms with Gasteiger partial charge in [-0.05, 0) is 18.6 Å². The fourth-order valence-electron chi connectivity index (χ4n) is 3.33. The normalized spacial score (nSPS) is 28.9. The molecule has 2 heterocycles. The van der Waals surface area contributed by atoms with E-state index in [1.54, 1.807) is 25.2 Å². The zero-order chi connectivity index (χ0) is 23.5. The summed E-state index contributed by atoms with van der Waals surface area (Å²) in [6.45, 7) is 2.90. The van der Waals surface area contributed by atoms with E-state index in [2.05, 4.69) is 11.7 Å². The van der Waals surface area contributed by atoms with Crippen LogP contribution in [0.25, 0.3) is 0 Å². The number of ether oxygens (including phenoxy) is 1. The summed E-state index contributed by atoms with van der Waals surface area (Å²) in [5, 5.41) is 12.6. The number of amides is 2. The van der Waals surface area contributed by atoms with Crippen LogP contribution in [0.4, 0.5) is 8.78 Å². The minimum Gasteiger partial charge on any atom is -0.413 e. The molecule has 0 aliphatic carbocycles. The number of rotatable bonds is 10. The van der Waals surface area contributed by atoms with E-state index in [0.29, 0.717) is 17.9 Å². The van der Waals surface area contributed by atoms with Gasteiger partial charge in [0, 0.05) is 19.8 Å². The zero-order valence-electron chi connectivity index (χ0n) is 17.2. The number of aliphatic hydroxyl groups excluding tert-OH is 1. The van der Waals surface area contributed by atoms with Crippen LogP contribution in [-0.2, 0) is 23.4 Å². The minimum absolute atomic E-state index is 0.0781. The lowest BCUT2D eigenvalue weighted by molar-refractivity contribution is -0.163. The molecule has 2 N–H and O–H groups in total. The third-order valence-corrected chi connectivity index (χ3v) is 6.67. The molecule has 0 saturated carbocycles. The topological polar surface area (TPSA) is 118 Å². The van der Waals surface area contributed by atoms with E-state index < -0.39 is 44.8 Å². The summed E-state index contributed by atoms with van der Waals surface area (Å²) in [5.41, 5.74) is 0. The second-order valence-electron chi connectivity index (χ2n) is 7.31. The van der Waals surface area contributed by atoms with Crippen molar-refractivity contribution in [1.82, 2.24) is 14.9 Å². The average Bonchev–Trinajstić information content (AvgIpc) is 3.19. The highest BCUT2D eigenvalue weighted by Crippen LogP contribution is 2.47. The average molecular weight is 475 g/mol. The second kappa shape index (κ2) is 9.63. The summed E-state index contributed by atoms with van der Waals surface area (Å²) in [6.07, 6.45) is -4.89. The maximum atomic E-state index is 14.4. The van der Waals surface area contributed by atoms with Crippen LogP contribution in [0.3, 0.4) is 0 Å². The van der Waals surface area contributed by atoms with E-state index in [9.17, 15) is 28.0 Å². The molecule has 0 aromatic heterocycles. The third kappa shape index (κ3) is 5.00. The molecule has 2 saturated heterocycles. The molecule has 1 aromatic carbocycles. The third-order valence-electron chi connectivity index (χ3n) is 5.10. The SMILES string of the molecule is C=CN(C=O)C1OC(COP(=O)(NC2CCN(C)C2=O)Oc2ccccc2)[C@@H](O)C1(F)F. The fraction of sp³-hybridized carbons (Fsp3) is 0.474. The van der Waals surface area contributed by atoms with Crippen LogP contribution < -0.4 is 9.61 Å². The Balaban J connectivity index is 1.76. The van der Waals surface area contributed by atoms with Crippen LogP contribution in [0, 0.1) is 0 Å². The molecule has 0 radical (unpaired) electrons. The number of alkyl halides is 2. The Kier molecular flexibility index (Phi) is 7.31. The summed E-state index contributed by atoms with van der Waals surface area (Å²) in [7, 11) is -2.69. The van der Waals surface area contributed by atoms with E-state index >= 15 is 0 Å². The van der Waals surface area contributed by atoms with Crippen LogP contribution in [0.1, 0.15) is 6.42 Å².